The number of halogens is 3. The lowest BCUT2D eigenvalue weighted by molar-refractivity contribution is -0.145. The van der Waals surface area contributed by atoms with Gasteiger partial charge >= 0.3 is 0 Å². The van der Waals surface area contributed by atoms with E-state index in [1.54, 1.807) is 23.0 Å². The Morgan fingerprint density at radius 2 is 1.76 bits per heavy atom. The van der Waals surface area contributed by atoms with Crippen molar-refractivity contribution in [3.05, 3.63) is 58.8 Å². The monoisotopic (exact) mass is 591 g/mol. The highest BCUT2D eigenvalue weighted by molar-refractivity contribution is 5.91. The molecule has 3 aromatic rings. The maximum absolute atomic E-state index is 13.5. The third-order valence-electron chi connectivity index (χ3n) is 7.30. The quantitative estimate of drug-likeness (QED) is 0.296. The molecule has 0 saturated carbocycles. The van der Waals surface area contributed by atoms with E-state index in [0.29, 0.717) is 43.8 Å². The van der Waals surface area contributed by atoms with Gasteiger partial charge in [0.1, 0.15) is 6.54 Å². The highest BCUT2D eigenvalue weighted by atomic mass is 35.5. The van der Waals surface area contributed by atoms with Crippen LogP contribution in [0, 0.1) is 6.92 Å². The van der Waals surface area contributed by atoms with E-state index in [-0.39, 0.29) is 37.3 Å². The summed E-state index contributed by atoms with van der Waals surface area (Å²) >= 11 is 0. The van der Waals surface area contributed by atoms with Crippen LogP contribution < -0.4 is 15.5 Å². The van der Waals surface area contributed by atoms with Crippen LogP contribution >= 0.6 is 12.4 Å². The molecule has 12 heteroatoms. The zero-order valence-electron chi connectivity index (χ0n) is 24.1. The van der Waals surface area contributed by atoms with E-state index in [1.165, 1.54) is 15.8 Å². The number of carbonyl (C=O) groups is 2. The van der Waals surface area contributed by atoms with E-state index in [0.717, 1.165) is 23.2 Å². The standard InChI is InChI=1S/C29H39F2N7O2.ClH/c1-5-25-23-13-20(3)26(14-24(23)34-38(25)17-27(30)31)36(18-28(39)33-12-11-32-6-2)19-29(40)35(4)37-15-21-9-7-8-10-22(21)16-37;/h7-10,13-14,27,32H,5-6,11-12,15-19H2,1-4H3,(H,33,39);1H. The molecule has 0 bridgehead atoms. The lowest BCUT2D eigenvalue weighted by Gasteiger charge is -2.32. The van der Waals surface area contributed by atoms with E-state index in [2.05, 4.69) is 27.9 Å². The Morgan fingerprint density at radius 1 is 1.07 bits per heavy atom. The molecule has 2 amide bonds. The SMILES string of the molecule is CCNCCNC(=O)CN(CC(=O)N(C)N1Cc2ccccc2C1)c1cc2nn(CC(F)F)c(CC)c2cc1C.Cl. The smallest absolute Gasteiger partial charge is 0.257 e. The van der Waals surface area contributed by atoms with Crippen molar-refractivity contribution in [2.45, 2.75) is 53.3 Å². The molecule has 0 unspecified atom stereocenters. The summed E-state index contributed by atoms with van der Waals surface area (Å²) in [5.74, 6) is -0.371. The third kappa shape index (κ3) is 7.72. The van der Waals surface area contributed by atoms with Crippen molar-refractivity contribution >= 4 is 40.8 Å². The molecule has 4 rings (SSSR count). The maximum Gasteiger partial charge on any atom is 0.257 e. The van der Waals surface area contributed by atoms with Crippen molar-refractivity contribution in [3.8, 4) is 0 Å². The molecule has 2 aromatic carbocycles. The first-order chi connectivity index (χ1) is 19.2. The van der Waals surface area contributed by atoms with Crippen molar-refractivity contribution in [2.75, 3.05) is 44.7 Å². The Kier molecular flexibility index (Phi) is 11.5. The zero-order valence-corrected chi connectivity index (χ0v) is 24.9. The molecule has 1 aromatic heterocycles. The number of hydrogen-bond acceptors (Lipinski definition) is 6. The number of benzene rings is 2. The lowest BCUT2D eigenvalue weighted by Crippen LogP contribution is -2.48. The van der Waals surface area contributed by atoms with Crippen LogP contribution in [0.25, 0.3) is 10.9 Å². The number of aryl methyl sites for hydroxylation is 2. The molecule has 0 spiro atoms. The molecule has 224 valence electrons. The Morgan fingerprint density at radius 3 is 2.37 bits per heavy atom. The minimum absolute atomic E-state index is 0. The van der Waals surface area contributed by atoms with Crippen LogP contribution in [-0.2, 0) is 35.6 Å². The summed E-state index contributed by atoms with van der Waals surface area (Å²) in [6.45, 7) is 8.46. The van der Waals surface area contributed by atoms with Crippen LogP contribution in [0.4, 0.5) is 14.5 Å². The second kappa shape index (κ2) is 14.6. The third-order valence-corrected chi connectivity index (χ3v) is 7.30. The van der Waals surface area contributed by atoms with Crippen molar-refractivity contribution < 1.29 is 18.4 Å². The van der Waals surface area contributed by atoms with Gasteiger partial charge in [0.15, 0.2) is 0 Å². The molecule has 1 aliphatic rings. The van der Waals surface area contributed by atoms with Crippen LogP contribution in [0.5, 0.6) is 0 Å². The largest absolute Gasteiger partial charge is 0.353 e. The first-order valence-electron chi connectivity index (χ1n) is 13.8. The number of nitrogens with one attached hydrogen (secondary N) is 2. The Labute approximate surface area is 246 Å². The molecule has 2 N–H and O–H groups in total. The highest BCUT2D eigenvalue weighted by Gasteiger charge is 2.27. The number of anilines is 1. The van der Waals surface area contributed by atoms with E-state index in [4.69, 9.17) is 0 Å². The number of carbonyl (C=O) groups excluding carboxylic acids is 2. The van der Waals surface area contributed by atoms with Gasteiger partial charge in [-0.3, -0.25) is 19.3 Å². The van der Waals surface area contributed by atoms with Gasteiger partial charge in [-0.2, -0.15) is 5.10 Å². The minimum Gasteiger partial charge on any atom is -0.353 e. The Hall–Kier alpha value is -3.28. The van der Waals surface area contributed by atoms with Crippen LogP contribution in [0.2, 0.25) is 0 Å². The molecule has 9 nitrogen and oxygen atoms in total. The van der Waals surface area contributed by atoms with Gasteiger partial charge in [-0.1, -0.05) is 38.1 Å². The molecule has 2 heterocycles. The molecule has 0 aliphatic carbocycles. The number of rotatable bonds is 13. The van der Waals surface area contributed by atoms with Crippen LogP contribution in [0.1, 0.15) is 36.2 Å². The summed E-state index contributed by atoms with van der Waals surface area (Å²) < 4.78 is 27.8. The molecule has 0 fully saturated rings. The predicted octanol–water partition coefficient (Wildman–Crippen LogP) is 3.52. The van der Waals surface area contributed by atoms with E-state index >= 15 is 0 Å². The Bertz CT molecular complexity index is 1330. The molecule has 0 saturated heterocycles. The first kappa shape index (κ1) is 32.2. The fraction of sp³-hybridized carbons (Fsp3) is 0.483. The Balaban J connectivity index is 0.00000462. The first-order valence-corrected chi connectivity index (χ1v) is 13.8. The fourth-order valence-corrected chi connectivity index (χ4v) is 5.20. The average Bonchev–Trinajstić information content (AvgIpc) is 3.50. The topological polar surface area (TPSA) is 85.7 Å². The summed E-state index contributed by atoms with van der Waals surface area (Å²) in [7, 11) is 1.75. The molecule has 0 atom stereocenters. The molecule has 1 aliphatic heterocycles. The minimum atomic E-state index is -2.52. The summed E-state index contributed by atoms with van der Waals surface area (Å²) in [6.07, 6.45) is -1.96. The van der Waals surface area contributed by atoms with Crippen LogP contribution in [0.15, 0.2) is 36.4 Å². The predicted molar refractivity (Wildman–Crippen MR) is 159 cm³/mol. The lowest BCUT2D eigenvalue weighted by atomic mass is 10.1. The fourth-order valence-electron chi connectivity index (χ4n) is 5.20. The maximum atomic E-state index is 13.5. The number of hydrazine groups is 1. The van der Waals surface area contributed by atoms with Crippen LogP contribution in [-0.4, -0.2) is 77.8 Å². The molecule has 0 radical (unpaired) electrons. The molecular formula is C29H40ClF2N7O2. The summed E-state index contributed by atoms with van der Waals surface area (Å²) in [5.41, 5.74) is 5.18. The van der Waals surface area contributed by atoms with E-state index < -0.39 is 13.0 Å². The normalized spacial score (nSPS) is 12.9. The number of fused-ring (bicyclic) bond motifs is 2. The number of aromatic nitrogens is 2. The van der Waals surface area contributed by atoms with Gasteiger partial charge in [-0.25, -0.2) is 13.8 Å². The van der Waals surface area contributed by atoms with E-state index in [1.807, 2.05) is 44.0 Å². The number of hydrogen-bond donors (Lipinski definition) is 2. The van der Waals surface area contributed by atoms with Gasteiger partial charge in [0, 0.05) is 50.0 Å². The average molecular weight is 592 g/mol. The zero-order chi connectivity index (χ0) is 28.8. The van der Waals surface area contributed by atoms with Crippen molar-refractivity contribution in [3.63, 3.8) is 0 Å². The summed E-state index contributed by atoms with van der Waals surface area (Å²) in [5, 5.41) is 14.9. The molecular weight excluding hydrogens is 552 g/mol. The highest BCUT2D eigenvalue weighted by Crippen LogP contribution is 2.30. The van der Waals surface area contributed by atoms with Crippen molar-refractivity contribution in [1.82, 2.24) is 30.4 Å². The summed E-state index contributed by atoms with van der Waals surface area (Å²) in [4.78, 5) is 28.2. The van der Waals surface area contributed by atoms with Crippen LogP contribution in [0.3, 0.4) is 0 Å². The van der Waals surface area contributed by atoms with Crippen molar-refractivity contribution in [2.24, 2.45) is 0 Å². The van der Waals surface area contributed by atoms with Crippen molar-refractivity contribution in [1.29, 1.82) is 0 Å². The number of nitrogens with zero attached hydrogens (tertiary/aromatic N) is 5. The van der Waals surface area contributed by atoms with Gasteiger partial charge in [-0.15, -0.1) is 12.4 Å². The second-order valence-corrected chi connectivity index (χ2v) is 10.1. The molecule has 41 heavy (non-hydrogen) atoms. The summed E-state index contributed by atoms with van der Waals surface area (Å²) in [6, 6.07) is 11.8. The van der Waals surface area contributed by atoms with E-state index in [9.17, 15) is 18.4 Å². The van der Waals surface area contributed by atoms with Gasteiger partial charge in [0.25, 0.3) is 12.3 Å². The van der Waals surface area contributed by atoms with Gasteiger partial charge in [-0.05, 0) is 48.7 Å². The second-order valence-electron chi connectivity index (χ2n) is 10.1. The number of amides is 2. The number of likely N-dealkylation sites (N-methyl/N-ethyl adjacent to an activating group) is 2. The van der Waals surface area contributed by atoms with Gasteiger partial charge < -0.3 is 15.5 Å². The van der Waals surface area contributed by atoms with Gasteiger partial charge in [0.2, 0.25) is 5.91 Å². The number of alkyl halides is 2. The van der Waals surface area contributed by atoms with Gasteiger partial charge in [0.05, 0.1) is 18.6 Å².